The monoisotopic (exact) mass is 314 g/mol. The van der Waals surface area contributed by atoms with Gasteiger partial charge in [0.2, 0.25) is 10.0 Å². The molecule has 0 bridgehead atoms. The van der Waals surface area contributed by atoms with Gasteiger partial charge >= 0.3 is 0 Å². The van der Waals surface area contributed by atoms with Gasteiger partial charge in [0.25, 0.3) is 0 Å². The van der Waals surface area contributed by atoms with E-state index in [1.54, 1.807) is 17.8 Å². The number of aryl methyl sites for hydroxylation is 1. The minimum Gasteiger partial charge on any atom is -0.390 e. The van der Waals surface area contributed by atoms with Gasteiger partial charge in [0, 0.05) is 36.9 Å². The lowest BCUT2D eigenvalue weighted by Crippen LogP contribution is -2.25. The molecule has 0 aliphatic carbocycles. The second-order valence-corrected chi connectivity index (χ2v) is 7.53. The fourth-order valence-electron chi connectivity index (χ4n) is 1.98. The smallest absolute Gasteiger partial charge is 0.244 e. The number of sulfonamides is 1. The number of aliphatic hydroxyl groups is 1. The average Bonchev–Trinajstić information content (AvgIpc) is 3.06. The summed E-state index contributed by atoms with van der Waals surface area (Å²) in [6.45, 7) is 2.72. The van der Waals surface area contributed by atoms with Crippen molar-refractivity contribution in [1.29, 1.82) is 0 Å². The number of nitrogens with zero attached hydrogens (tertiary/aromatic N) is 2. The lowest BCUT2D eigenvalue weighted by molar-refractivity contribution is 0.271. The van der Waals surface area contributed by atoms with Crippen molar-refractivity contribution in [3.63, 3.8) is 0 Å². The van der Waals surface area contributed by atoms with Crippen LogP contribution in [-0.4, -0.2) is 29.4 Å². The Hall–Kier alpha value is -1.15. The Bertz CT molecular complexity index is 638. The molecular weight excluding hydrogens is 296 g/mol. The van der Waals surface area contributed by atoms with Crippen molar-refractivity contribution in [3.05, 3.63) is 40.3 Å². The molecule has 2 aromatic heterocycles. The van der Waals surface area contributed by atoms with Crippen molar-refractivity contribution >= 4 is 21.4 Å². The molecule has 0 aliphatic heterocycles. The largest absolute Gasteiger partial charge is 0.390 e. The molecule has 0 atom stereocenters. The van der Waals surface area contributed by atoms with E-state index in [0.717, 1.165) is 4.88 Å². The number of hydrogen-bond donors (Lipinski definition) is 1. The topological polar surface area (TPSA) is 62.5 Å². The summed E-state index contributed by atoms with van der Waals surface area (Å²) < 4.78 is 28.1. The third kappa shape index (κ3) is 2.95. The molecule has 7 heteroatoms. The van der Waals surface area contributed by atoms with E-state index in [2.05, 4.69) is 0 Å². The van der Waals surface area contributed by atoms with E-state index in [9.17, 15) is 13.5 Å². The number of aromatic nitrogens is 1. The standard InChI is InChI=1S/C13H18N2O3S2/c1-3-15-9-13(7-11(15)10-16)20(17,18)14(2)8-12-5-4-6-19-12/h4-7,9,16H,3,8,10H2,1-2H3. The lowest BCUT2D eigenvalue weighted by Gasteiger charge is -2.15. The molecule has 20 heavy (non-hydrogen) atoms. The van der Waals surface area contributed by atoms with E-state index in [-0.39, 0.29) is 11.5 Å². The molecule has 0 radical (unpaired) electrons. The number of rotatable bonds is 6. The Morgan fingerprint density at radius 3 is 2.70 bits per heavy atom. The highest BCUT2D eigenvalue weighted by atomic mass is 32.2. The summed E-state index contributed by atoms with van der Waals surface area (Å²) in [7, 11) is -1.96. The van der Waals surface area contributed by atoms with Crippen LogP contribution < -0.4 is 0 Å². The summed E-state index contributed by atoms with van der Waals surface area (Å²) in [4.78, 5) is 1.22. The van der Waals surface area contributed by atoms with Crippen molar-refractivity contribution < 1.29 is 13.5 Å². The van der Waals surface area contributed by atoms with Crippen molar-refractivity contribution in [1.82, 2.24) is 8.87 Å². The Morgan fingerprint density at radius 2 is 2.20 bits per heavy atom. The van der Waals surface area contributed by atoms with Gasteiger partial charge < -0.3 is 9.67 Å². The molecule has 0 fully saturated rings. The molecule has 0 saturated carbocycles. The molecule has 2 rings (SSSR count). The second kappa shape index (κ2) is 6.09. The minimum absolute atomic E-state index is 0.169. The lowest BCUT2D eigenvalue weighted by atomic mass is 10.4. The second-order valence-electron chi connectivity index (χ2n) is 4.45. The number of hydrogen-bond acceptors (Lipinski definition) is 4. The molecule has 0 saturated heterocycles. The van der Waals surface area contributed by atoms with Crippen molar-refractivity contribution in [2.45, 2.75) is 31.5 Å². The van der Waals surface area contributed by atoms with Gasteiger partial charge in [0.1, 0.15) is 4.90 Å². The first-order valence-corrected chi connectivity index (χ1v) is 8.59. The van der Waals surface area contributed by atoms with Crippen LogP contribution in [0.15, 0.2) is 34.7 Å². The summed E-state index contributed by atoms with van der Waals surface area (Å²) >= 11 is 1.53. The zero-order valence-corrected chi connectivity index (χ0v) is 13.1. The van der Waals surface area contributed by atoms with Crippen LogP contribution in [0.2, 0.25) is 0 Å². The van der Waals surface area contributed by atoms with Crippen LogP contribution in [0.25, 0.3) is 0 Å². The van der Waals surface area contributed by atoms with E-state index in [1.165, 1.54) is 21.7 Å². The SMILES string of the molecule is CCn1cc(S(=O)(=O)N(C)Cc2cccs2)cc1CO. The first kappa shape index (κ1) is 15.2. The highest BCUT2D eigenvalue weighted by Crippen LogP contribution is 2.21. The van der Waals surface area contributed by atoms with Gasteiger partial charge in [-0.3, -0.25) is 0 Å². The maximum absolute atomic E-state index is 12.5. The number of aliphatic hydroxyl groups excluding tert-OH is 1. The van der Waals surface area contributed by atoms with Crippen LogP contribution in [0.3, 0.4) is 0 Å². The average molecular weight is 314 g/mol. The fraction of sp³-hybridized carbons (Fsp3) is 0.385. The normalized spacial score (nSPS) is 12.2. The third-order valence-electron chi connectivity index (χ3n) is 3.13. The Kier molecular flexibility index (Phi) is 4.64. The van der Waals surface area contributed by atoms with Crippen LogP contribution in [0, 0.1) is 0 Å². The maximum Gasteiger partial charge on any atom is 0.244 e. The summed E-state index contributed by atoms with van der Waals surface area (Å²) in [5, 5.41) is 11.2. The molecule has 2 heterocycles. The summed E-state index contributed by atoms with van der Waals surface area (Å²) in [6, 6.07) is 5.34. The molecule has 1 N–H and O–H groups in total. The van der Waals surface area contributed by atoms with Crippen LogP contribution in [0.4, 0.5) is 0 Å². The first-order chi connectivity index (χ1) is 9.48. The van der Waals surface area contributed by atoms with Crippen molar-refractivity contribution in [2.75, 3.05) is 7.05 Å². The van der Waals surface area contributed by atoms with E-state index in [1.807, 2.05) is 24.4 Å². The summed E-state index contributed by atoms with van der Waals surface area (Å²) in [5.41, 5.74) is 0.607. The zero-order valence-electron chi connectivity index (χ0n) is 11.5. The molecule has 0 unspecified atom stereocenters. The maximum atomic E-state index is 12.5. The van der Waals surface area contributed by atoms with Crippen LogP contribution >= 0.6 is 11.3 Å². The Labute approximate surface area is 123 Å². The molecule has 0 aromatic carbocycles. The zero-order chi connectivity index (χ0) is 14.8. The minimum atomic E-state index is -3.53. The van der Waals surface area contributed by atoms with E-state index in [0.29, 0.717) is 18.8 Å². The van der Waals surface area contributed by atoms with Crippen LogP contribution in [0.5, 0.6) is 0 Å². The van der Waals surface area contributed by atoms with E-state index >= 15 is 0 Å². The molecular formula is C13H18N2O3S2. The van der Waals surface area contributed by atoms with Gasteiger partial charge in [0.15, 0.2) is 0 Å². The molecule has 2 aromatic rings. The third-order valence-corrected chi connectivity index (χ3v) is 5.76. The first-order valence-electron chi connectivity index (χ1n) is 6.27. The van der Waals surface area contributed by atoms with Gasteiger partial charge in [-0.05, 0) is 24.4 Å². The Balaban J connectivity index is 2.27. The Morgan fingerprint density at radius 1 is 1.45 bits per heavy atom. The molecule has 110 valence electrons. The van der Waals surface area contributed by atoms with E-state index < -0.39 is 10.0 Å². The quantitative estimate of drug-likeness (QED) is 0.885. The number of thiophene rings is 1. The van der Waals surface area contributed by atoms with Crippen molar-refractivity contribution in [2.24, 2.45) is 0 Å². The van der Waals surface area contributed by atoms with Crippen molar-refractivity contribution in [3.8, 4) is 0 Å². The molecule has 0 aliphatic rings. The van der Waals surface area contributed by atoms with Gasteiger partial charge in [-0.25, -0.2) is 8.42 Å². The fourth-order valence-corrected chi connectivity index (χ4v) is 4.03. The van der Waals surface area contributed by atoms with Crippen LogP contribution in [-0.2, 0) is 29.7 Å². The molecule has 0 amide bonds. The molecule has 5 nitrogen and oxygen atoms in total. The van der Waals surface area contributed by atoms with Gasteiger partial charge in [0.05, 0.1) is 6.61 Å². The van der Waals surface area contributed by atoms with E-state index in [4.69, 9.17) is 0 Å². The van der Waals surface area contributed by atoms with Gasteiger partial charge in [-0.2, -0.15) is 4.31 Å². The highest BCUT2D eigenvalue weighted by Gasteiger charge is 2.23. The predicted molar refractivity (Wildman–Crippen MR) is 79.0 cm³/mol. The summed E-state index contributed by atoms with van der Waals surface area (Å²) in [6.07, 6.45) is 1.58. The van der Waals surface area contributed by atoms with Gasteiger partial charge in [-0.15, -0.1) is 11.3 Å². The van der Waals surface area contributed by atoms with Gasteiger partial charge in [-0.1, -0.05) is 6.07 Å². The summed E-state index contributed by atoms with van der Waals surface area (Å²) in [5.74, 6) is 0. The highest BCUT2D eigenvalue weighted by molar-refractivity contribution is 7.89. The molecule has 0 spiro atoms. The predicted octanol–water partition coefficient (Wildman–Crippen LogP) is 1.88. The van der Waals surface area contributed by atoms with Crippen LogP contribution in [0.1, 0.15) is 17.5 Å².